The average Bonchev–Trinajstić information content (AvgIpc) is 2.15. The molecule has 1 amide bonds. The Kier molecular flexibility index (Phi) is 3.48. The molecule has 0 saturated heterocycles. The minimum absolute atomic E-state index is 0.0888. The Labute approximate surface area is 82.0 Å². The predicted molar refractivity (Wildman–Crippen MR) is 51.7 cm³/mol. The molecule has 0 aliphatic heterocycles. The first kappa shape index (κ1) is 10.5. The number of primary amides is 1. The maximum atomic E-state index is 11.0. The van der Waals surface area contributed by atoms with Crippen LogP contribution in [0.15, 0.2) is 24.3 Å². The molecular weight excluding hydrogens is 182 g/mol. The zero-order valence-corrected chi connectivity index (χ0v) is 7.68. The number of carbonyl (C=O) groups excluding carboxylic acids is 1. The second-order valence-corrected chi connectivity index (χ2v) is 3.06. The zero-order chi connectivity index (χ0) is 10.6. The van der Waals surface area contributed by atoms with E-state index in [-0.39, 0.29) is 12.4 Å². The monoisotopic (exact) mass is 195 g/mol. The molecule has 0 saturated carbocycles. The van der Waals surface area contributed by atoms with E-state index in [0.29, 0.717) is 12.0 Å². The number of benzene rings is 1. The van der Waals surface area contributed by atoms with Crippen molar-refractivity contribution in [3.8, 4) is 5.75 Å². The van der Waals surface area contributed by atoms with Gasteiger partial charge in [-0.1, -0.05) is 12.1 Å². The summed E-state index contributed by atoms with van der Waals surface area (Å²) in [6, 6.07) is 6.23. The second-order valence-electron chi connectivity index (χ2n) is 3.06. The van der Waals surface area contributed by atoms with Crippen molar-refractivity contribution in [3.63, 3.8) is 0 Å². The molecule has 0 aliphatic carbocycles. The van der Waals surface area contributed by atoms with Gasteiger partial charge in [-0.2, -0.15) is 0 Å². The van der Waals surface area contributed by atoms with Crippen LogP contribution in [-0.2, 0) is 4.79 Å². The third-order valence-corrected chi connectivity index (χ3v) is 2.06. The summed E-state index contributed by atoms with van der Waals surface area (Å²) in [5.41, 5.74) is 5.89. The van der Waals surface area contributed by atoms with Crippen molar-refractivity contribution in [2.24, 2.45) is 5.73 Å². The van der Waals surface area contributed by atoms with Gasteiger partial charge >= 0.3 is 0 Å². The highest BCUT2D eigenvalue weighted by Crippen LogP contribution is 2.21. The van der Waals surface area contributed by atoms with Gasteiger partial charge in [0.2, 0.25) is 5.91 Å². The molecule has 0 heterocycles. The Morgan fingerprint density at radius 3 is 2.36 bits per heavy atom. The molecule has 1 atom stereocenters. The van der Waals surface area contributed by atoms with Gasteiger partial charge in [0, 0.05) is 6.61 Å². The Morgan fingerprint density at radius 2 is 1.93 bits per heavy atom. The number of aromatic hydroxyl groups is 1. The SMILES string of the molecule is NC(=O)C(CCO)c1ccc(O)cc1. The number of nitrogens with two attached hydrogens (primary N) is 1. The topological polar surface area (TPSA) is 83.6 Å². The summed E-state index contributed by atoms with van der Waals surface area (Å²) in [6.07, 6.45) is 0.306. The van der Waals surface area contributed by atoms with Gasteiger partial charge < -0.3 is 15.9 Å². The van der Waals surface area contributed by atoms with E-state index < -0.39 is 11.8 Å². The van der Waals surface area contributed by atoms with Crippen molar-refractivity contribution in [1.82, 2.24) is 0 Å². The van der Waals surface area contributed by atoms with Crippen LogP contribution in [-0.4, -0.2) is 22.7 Å². The van der Waals surface area contributed by atoms with Crippen LogP contribution in [0, 0.1) is 0 Å². The van der Waals surface area contributed by atoms with E-state index in [1.165, 1.54) is 12.1 Å². The van der Waals surface area contributed by atoms with E-state index in [9.17, 15) is 4.79 Å². The van der Waals surface area contributed by atoms with Gasteiger partial charge in [0.15, 0.2) is 0 Å². The second kappa shape index (κ2) is 4.62. The number of phenolic OH excluding ortho intramolecular Hbond substituents is 1. The fraction of sp³-hybridized carbons (Fsp3) is 0.300. The minimum Gasteiger partial charge on any atom is -0.508 e. The molecule has 0 aliphatic rings. The lowest BCUT2D eigenvalue weighted by Crippen LogP contribution is -2.22. The van der Waals surface area contributed by atoms with Crippen LogP contribution in [0.2, 0.25) is 0 Å². The maximum absolute atomic E-state index is 11.0. The summed E-state index contributed by atoms with van der Waals surface area (Å²) in [6.45, 7) is -0.0888. The predicted octanol–water partition coefficient (Wildman–Crippen LogP) is 0.343. The van der Waals surface area contributed by atoms with Crippen LogP contribution in [0.4, 0.5) is 0 Å². The van der Waals surface area contributed by atoms with E-state index in [1.807, 2.05) is 0 Å². The van der Waals surface area contributed by atoms with Crippen molar-refractivity contribution in [2.75, 3.05) is 6.61 Å². The number of hydrogen-bond acceptors (Lipinski definition) is 3. The summed E-state index contributed by atoms with van der Waals surface area (Å²) >= 11 is 0. The number of aliphatic hydroxyl groups excluding tert-OH is 1. The fourth-order valence-corrected chi connectivity index (χ4v) is 1.31. The van der Waals surface area contributed by atoms with Crippen molar-refractivity contribution in [3.05, 3.63) is 29.8 Å². The lowest BCUT2D eigenvalue weighted by Gasteiger charge is -2.11. The van der Waals surface area contributed by atoms with E-state index >= 15 is 0 Å². The van der Waals surface area contributed by atoms with Crippen LogP contribution in [0.3, 0.4) is 0 Å². The number of phenols is 1. The van der Waals surface area contributed by atoms with Crippen molar-refractivity contribution in [2.45, 2.75) is 12.3 Å². The molecule has 4 heteroatoms. The van der Waals surface area contributed by atoms with Crippen molar-refractivity contribution >= 4 is 5.91 Å². The van der Waals surface area contributed by atoms with Gasteiger partial charge in [0.05, 0.1) is 5.92 Å². The Hall–Kier alpha value is -1.55. The third kappa shape index (κ3) is 2.47. The van der Waals surface area contributed by atoms with Crippen molar-refractivity contribution in [1.29, 1.82) is 0 Å². The lowest BCUT2D eigenvalue weighted by molar-refractivity contribution is -0.119. The van der Waals surface area contributed by atoms with E-state index in [1.54, 1.807) is 12.1 Å². The highest BCUT2D eigenvalue weighted by Gasteiger charge is 2.16. The van der Waals surface area contributed by atoms with Gasteiger partial charge in [-0.25, -0.2) is 0 Å². The number of hydrogen-bond donors (Lipinski definition) is 3. The third-order valence-electron chi connectivity index (χ3n) is 2.06. The summed E-state index contributed by atoms with van der Waals surface area (Å²) in [4.78, 5) is 11.0. The zero-order valence-electron chi connectivity index (χ0n) is 7.68. The quantitative estimate of drug-likeness (QED) is 0.648. The van der Waals surface area contributed by atoms with Gasteiger partial charge in [0.1, 0.15) is 5.75 Å². The molecular formula is C10H13NO3. The highest BCUT2D eigenvalue weighted by atomic mass is 16.3. The molecule has 0 radical (unpaired) electrons. The van der Waals surface area contributed by atoms with E-state index in [4.69, 9.17) is 15.9 Å². The summed E-state index contributed by atoms with van der Waals surface area (Å²) in [5.74, 6) is -0.814. The average molecular weight is 195 g/mol. The largest absolute Gasteiger partial charge is 0.508 e. The fourth-order valence-electron chi connectivity index (χ4n) is 1.31. The van der Waals surface area contributed by atoms with E-state index in [0.717, 1.165) is 0 Å². The molecule has 4 N–H and O–H groups in total. The molecule has 14 heavy (non-hydrogen) atoms. The van der Waals surface area contributed by atoms with Crippen LogP contribution < -0.4 is 5.73 Å². The first-order chi connectivity index (χ1) is 6.65. The summed E-state index contributed by atoms with van der Waals surface area (Å²) in [7, 11) is 0. The van der Waals surface area contributed by atoms with Gasteiger partial charge in [-0.05, 0) is 24.1 Å². The first-order valence-corrected chi connectivity index (χ1v) is 4.34. The Morgan fingerprint density at radius 1 is 1.36 bits per heavy atom. The highest BCUT2D eigenvalue weighted by molar-refractivity contribution is 5.81. The van der Waals surface area contributed by atoms with Crippen LogP contribution in [0.5, 0.6) is 5.75 Å². The Bertz CT molecular complexity index is 308. The van der Waals surface area contributed by atoms with Gasteiger partial charge in [0.25, 0.3) is 0 Å². The minimum atomic E-state index is -0.486. The summed E-state index contributed by atoms with van der Waals surface area (Å²) in [5, 5.41) is 17.8. The molecule has 0 aromatic heterocycles. The molecule has 1 aromatic carbocycles. The number of amides is 1. The van der Waals surface area contributed by atoms with Gasteiger partial charge in [-0.15, -0.1) is 0 Å². The summed E-state index contributed by atoms with van der Waals surface area (Å²) < 4.78 is 0. The molecule has 1 rings (SSSR count). The number of aliphatic hydroxyl groups is 1. The number of rotatable bonds is 4. The van der Waals surface area contributed by atoms with Crippen LogP contribution >= 0.6 is 0 Å². The normalized spacial score (nSPS) is 12.4. The van der Waals surface area contributed by atoms with Crippen molar-refractivity contribution < 1.29 is 15.0 Å². The molecule has 76 valence electrons. The smallest absolute Gasteiger partial charge is 0.225 e. The van der Waals surface area contributed by atoms with Crippen LogP contribution in [0.25, 0.3) is 0 Å². The molecule has 1 unspecified atom stereocenters. The number of carbonyl (C=O) groups is 1. The lowest BCUT2D eigenvalue weighted by atomic mass is 9.95. The first-order valence-electron chi connectivity index (χ1n) is 4.34. The molecule has 0 fully saturated rings. The van der Waals surface area contributed by atoms with E-state index in [2.05, 4.69) is 0 Å². The Balaban J connectivity index is 2.87. The molecule has 0 bridgehead atoms. The standard InChI is InChI=1S/C10H13NO3/c11-10(14)9(5-6-12)7-1-3-8(13)4-2-7/h1-4,9,12-13H,5-6H2,(H2,11,14). The maximum Gasteiger partial charge on any atom is 0.225 e. The molecule has 1 aromatic rings. The van der Waals surface area contributed by atoms with Crippen LogP contribution in [0.1, 0.15) is 17.9 Å². The molecule has 4 nitrogen and oxygen atoms in total. The van der Waals surface area contributed by atoms with Gasteiger partial charge in [-0.3, -0.25) is 4.79 Å². The molecule has 0 spiro atoms.